The monoisotopic (exact) mass is 214 g/mol. The van der Waals surface area contributed by atoms with Crippen molar-refractivity contribution in [3.63, 3.8) is 0 Å². The largest absolute Gasteiger partial charge is 0.373 e. The van der Waals surface area contributed by atoms with Gasteiger partial charge in [-0.25, -0.2) is 0 Å². The average Bonchev–Trinajstić information content (AvgIpc) is 2.16. The molecule has 1 aliphatic rings. The Bertz CT molecular complexity index is 182. The van der Waals surface area contributed by atoms with Crippen molar-refractivity contribution in [1.29, 1.82) is 0 Å². The minimum Gasteiger partial charge on any atom is -0.373 e. The summed E-state index contributed by atoms with van der Waals surface area (Å²) in [4.78, 5) is 2.49. The van der Waals surface area contributed by atoms with Crippen molar-refractivity contribution < 1.29 is 4.74 Å². The molecule has 1 heterocycles. The lowest BCUT2D eigenvalue weighted by Gasteiger charge is -2.38. The fourth-order valence-corrected chi connectivity index (χ4v) is 2.09. The van der Waals surface area contributed by atoms with Gasteiger partial charge in [-0.2, -0.15) is 0 Å². The highest BCUT2D eigenvalue weighted by molar-refractivity contribution is 4.79. The van der Waals surface area contributed by atoms with Crippen LogP contribution >= 0.6 is 0 Å². The Balaban J connectivity index is 2.16. The first-order chi connectivity index (χ1) is 7.03. The van der Waals surface area contributed by atoms with Crippen LogP contribution in [0.1, 0.15) is 40.0 Å². The average molecular weight is 214 g/mol. The van der Waals surface area contributed by atoms with Crippen LogP contribution in [0.4, 0.5) is 0 Å². The highest BCUT2D eigenvalue weighted by Crippen LogP contribution is 2.16. The van der Waals surface area contributed by atoms with Crippen molar-refractivity contribution in [2.45, 2.75) is 51.7 Å². The Morgan fingerprint density at radius 1 is 1.47 bits per heavy atom. The maximum atomic E-state index is 5.90. The molecular weight excluding hydrogens is 188 g/mol. The van der Waals surface area contributed by atoms with Crippen LogP contribution in [0.5, 0.6) is 0 Å². The van der Waals surface area contributed by atoms with Crippen LogP contribution in [0.15, 0.2) is 0 Å². The van der Waals surface area contributed by atoms with E-state index in [4.69, 9.17) is 10.5 Å². The Morgan fingerprint density at radius 2 is 2.20 bits per heavy atom. The molecule has 3 heteroatoms. The summed E-state index contributed by atoms with van der Waals surface area (Å²) in [5.41, 5.74) is 5.93. The quantitative estimate of drug-likeness (QED) is 0.755. The summed E-state index contributed by atoms with van der Waals surface area (Å²) in [6.45, 7) is 10.6. The zero-order chi connectivity index (χ0) is 11.3. The molecule has 0 aliphatic carbocycles. The minimum atomic E-state index is 0.0329. The van der Waals surface area contributed by atoms with E-state index in [9.17, 15) is 0 Å². The molecule has 0 saturated carbocycles. The van der Waals surface area contributed by atoms with Crippen molar-refractivity contribution in [2.24, 2.45) is 5.73 Å². The summed E-state index contributed by atoms with van der Waals surface area (Å²) in [6, 6.07) is 0.388. The fraction of sp³-hybridized carbons (Fsp3) is 1.00. The first kappa shape index (κ1) is 12.9. The van der Waals surface area contributed by atoms with Gasteiger partial charge in [0.2, 0.25) is 0 Å². The first-order valence-corrected chi connectivity index (χ1v) is 6.15. The van der Waals surface area contributed by atoms with E-state index < -0.39 is 0 Å². The molecule has 1 unspecified atom stereocenters. The molecule has 1 atom stereocenters. The topological polar surface area (TPSA) is 38.5 Å². The number of hydrogen-bond donors (Lipinski definition) is 1. The van der Waals surface area contributed by atoms with Crippen LogP contribution in [-0.2, 0) is 4.74 Å². The normalized spacial score (nSPS) is 24.0. The zero-order valence-corrected chi connectivity index (χ0v) is 10.5. The van der Waals surface area contributed by atoms with E-state index in [-0.39, 0.29) is 5.60 Å². The summed E-state index contributed by atoms with van der Waals surface area (Å²) in [7, 11) is 0. The van der Waals surface area contributed by atoms with Crippen LogP contribution in [0.2, 0.25) is 0 Å². The van der Waals surface area contributed by atoms with Gasteiger partial charge in [-0.3, -0.25) is 4.90 Å². The molecular formula is C12H26N2O. The van der Waals surface area contributed by atoms with Gasteiger partial charge in [0.15, 0.2) is 0 Å². The van der Waals surface area contributed by atoms with E-state index in [1.165, 1.54) is 13.0 Å². The molecule has 0 aromatic carbocycles. The van der Waals surface area contributed by atoms with Crippen molar-refractivity contribution in [1.82, 2.24) is 4.90 Å². The van der Waals surface area contributed by atoms with E-state index in [0.717, 1.165) is 32.5 Å². The standard InChI is InChI=1S/C12H26N2O/c1-4-11(13)6-5-7-14-8-9-15-12(2,3)10-14/h11H,4-10,13H2,1-3H3. The molecule has 3 nitrogen and oxygen atoms in total. The molecule has 0 bridgehead atoms. The third-order valence-corrected chi connectivity index (χ3v) is 3.08. The van der Waals surface area contributed by atoms with Gasteiger partial charge in [-0.05, 0) is 39.7 Å². The number of nitrogens with zero attached hydrogens (tertiary/aromatic N) is 1. The summed E-state index contributed by atoms with van der Waals surface area (Å²) in [5.74, 6) is 0. The summed E-state index contributed by atoms with van der Waals surface area (Å²) in [6.07, 6.45) is 3.45. The Kier molecular flexibility index (Phi) is 5.03. The number of rotatable bonds is 5. The third-order valence-electron chi connectivity index (χ3n) is 3.08. The van der Waals surface area contributed by atoms with Crippen molar-refractivity contribution in [2.75, 3.05) is 26.2 Å². The van der Waals surface area contributed by atoms with Crippen molar-refractivity contribution >= 4 is 0 Å². The van der Waals surface area contributed by atoms with Gasteiger partial charge in [0.05, 0.1) is 12.2 Å². The van der Waals surface area contributed by atoms with E-state index in [1.54, 1.807) is 0 Å². The highest BCUT2D eigenvalue weighted by Gasteiger charge is 2.26. The van der Waals surface area contributed by atoms with Crippen LogP contribution in [0.3, 0.4) is 0 Å². The van der Waals surface area contributed by atoms with Crippen LogP contribution < -0.4 is 5.73 Å². The number of hydrogen-bond acceptors (Lipinski definition) is 3. The maximum Gasteiger partial charge on any atom is 0.0753 e. The molecule has 2 N–H and O–H groups in total. The van der Waals surface area contributed by atoms with E-state index in [1.807, 2.05) is 0 Å². The SMILES string of the molecule is CCC(N)CCCN1CCOC(C)(C)C1. The fourth-order valence-electron chi connectivity index (χ4n) is 2.09. The molecule has 0 aromatic heterocycles. The van der Waals surface area contributed by atoms with Crippen LogP contribution in [0, 0.1) is 0 Å². The second-order valence-corrected chi connectivity index (χ2v) is 5.19. The lowest BCUT2D eigenvalue weighted by atomic mass is 10.1. The van der Waals surface area contributed by atoms with Crippen LogP contribution in [0.25, 0.3) is 0 Å². The van der Waals surface area contributed by atoms with E-state index in [2.05, 4.69) is 25.7 Å². The molecule has 0 spiro atoms. The Labute approximate surface area is 94.0 Å². The molecule has 1 rings (SSSR count). The molecule has 0 aromatic rings. The highest BCUT2D eigenvalue weighted by atomic mass is 16.5. The lowest BCUT2D eigenvalue weighted by molar-refractivity contribution is -0.0861. The van der Waals surface area contributed by atoms with Gasteiger partial charge in [0.1, 0.15) is 0 Å². The van der Waals surface area contributed by atoms with Gasteiger partial charge < -0.3 is 10.5 Å². The Morgan fingerprint density at radius 3 is 2.80 bits per heavy atom. The predicted octanol–water partition coefficient (Wildman–Crippen LogP) is 1.61. The van der Waals surface area contributed by atoms with Gasteiger partial charge in [-0.15, -0.1) is 0 Å². The number of morpholine rings is 1. The minimum absolute atomic E-state index is 0.0329. The van der Waals surface area contributed by atoms with Gasteiger partial charge in [0.25, 0.3) is 0 Å². The van der Waals surface area contributed by atoms with Crippen molar-refractivity contribution in [3.05, 3.63) is 0 Å². The van der Waals surface area contributed by atoms with Crippen LogP contribution in [-0.4, -0.2) is 42.8 Å². The maximum absolute atomic E-state index is 5.90. The summed E-state index contributed by atoms with van der Waals surface area (Å²) in [5, 5.41) is 0. The van der Waals surface area contributed by atoms with Gasteiger partial charge in [-0.1, -0.05) is 6.92 Å². The van der Waals surface area contributed by atoms with Crippen molar-refractivity contribution in [3.8, 4) is 0 Å². The summed E-state index contributed by atoms with van der Waals surface area (Å²) < 4.78 is 5.68. The molecule has 0 amide bonds. The molecule has 0 radical (unpaired) electrons. The molecule has 1 fully saturated rings. The molecule has 1 saturated heterocycles. The second kappa shape index (κ2) is 5.83. The zero-order valence-electron chi connectivity index (χ0n) is 10.5. The molecule has 15 heavy (non-hydrogen) atoms. The smallest absolute Gasteiger partial charge is 0.0753 e. The Hall–Kier alpha value is -0.120. The third kappa shape index (κ3) is 4.96. The molecule has 1 aliphatic heterocycles. The van der Waals surface area contributed by atoms with Gasteiger partial charge in [0, 0.05) is 19.1 Å². The number of ether oxygens (including phenoxy) is 1. The van der Waals surface area contributed by atoms with E-state index >= 15 is 0 Å². The first-order valence-electron chi connectivity index (χ1n) is 6.15. The summed E-state index contributed by atoms with van der Waals surface area (Å²) >= 11 is 0. The van der Waals surface area contributed by atoms with E-state index in [0.29, 0.717) is 6.04 Å². The second-order valence-electron chi connectivity index (χ2n) is 5.19. The lowest BCUT2D eigenvalue weighted by Crippen LogP contribution is -2.48. The predicted molar refractivity (Wildman–Crippen MR) is 64.0 cm³/mol. The van der Waals surface area contributed by atoms with Gasteiger partial charge >= 0.3 is 0 Å². The molecule has 90 valence electrons. The number of nitrogens with two attached hydrogens (primary N) is 1.